The predicted octanol–water partition coefficient (Wildman–Crippen LogP) is 3.16. The van der Waals surface area contributed by atoms with Gasteiger partial charge in [-0.3, -0.25) is 4.98 Å². The average Bonchev–Trinajstić information content (AvgIpc) is 2.30. The zero-order valence-corrected chi connectivity index (χ0v) is 11.3. The summed E-state index contributed by atoms with van der Waals surface area (Å²) in [7, 11) is 2.09. The van der Waals surface area contributed by atoms with E-state index in [2.05, 4.69) is 39.3 Å². The Morgan fingerprint density at radius 2 is 2.19 bits per heavy atom. The molecule has 2 rings (SSSR count). The molecule has 0 saturated heterocycles. The molecule has 0 amide bonds. The highest BCUT2D eigenvalue weighted by Gasteiger charge is 2.23. The van der Waals surface area contributed by atoms with Crippen LogP contribution in [-0.2, 0) is 6.42 Å². The van der Waals surface area contributed by atoms with Crippen LogP contribution in [0.5, 0.6) is 0 Å². The van der Waals surface area contributed by atoms with Crippen molar-refractivity contribution in [3.05, 3.63) is 28.5 Å². The lowest BCUT2D eigenvalue weighted by Gasteiger charge is -2.31. The molecule has 88 valence electrons. The van der Waals surface area contributed by atoms with Gasteiger partial charge in [0.2, 0.25) is 0 Å². The smallest absolute Gasteiger partial charge is 0.0410 e. The Balaban J connectivity index is 2.02. The van der Waals surface area contributed by atoms with Crippen molar-refractivity contribution < 1.29 is 0 Å². The van der Waals surface area contributed by atoms with Gasteiger partial charge in [-0.25, -0.2) is 0 Å². The van der Waals surface area contributed by atoms with Gasteiger partial charge in [0.1, 0.15) is 0 Å². The van der Waals surface area contributed by atoms with Crippen LogP contribution in [0.1, 0.15) is 31.2 Å². The van der Waals surface area contributed by atoms with Gasteiger partial charge in [0.05, 0.1) is 0 Å². The van der Waals surface area contributed by atoms with E-state index < -0.39 is 0 Å². The number of hydrogen-bond acceptors (Lipinski definition) is 2. The van der Waals surface area contributed by atoms with Crippen LogP contribution < -0.4 is 5.32 Å². The molecule has 1 aliphatic carbocycles. The highest BCUT2D eigenvalue weighted by molar-refractivity contribution is 9.10. The van der Waals surface area contributed by atoms with E-state index in [0.29, 0.717) is 6.04 Å². The van der Waals surface area contributed by atoms with Crippen molar-refractivity contribution in [3.63, 3.8) is 0 Å². The van der Waals surface area contributed by atoms with Crippen LogP contribution in [0.2, 0.25) is 0 Å². The molecule has 16 heavy (non-hydrogen) atoms. The first-order valence-electron chi connectivity index (χ1n) is 6.06. The molecule has 0 bridgehead atoms. The van der Waals surface area contributed by atoms with E-state index in [-0.39, 0.29) is 0 Å². The van der Waals surface area contributed by atoms with Crippen molar-refractivity contribution in [1.82, 2.24) is 10.3 Å². The number of halogens is 1. The van der Waals surface area contributed by atoms with Crippen LogP contribution in [0.3, 0.4) is 0 Å². The summed E-state index contributed by atoms with van der Waals surface area (Å²) < 4.78 is 1.09. The fourth-order valence-electron chi connectivity index (χ4n) is 2.70. The van der Waals surface area contributed by atoms with Crippen molar-refractivity contribution in [1.29, 1.82) is 0 Å². The topological polar surface area (TPSA) is 24.9 Å². The molecular formula is C13H19BrN2. The second-order valence-corrected chi connectivity index (χ2v) is 5.57. The molecule has 1 fully saturated rings. The first-order valence-corrected chi connectivity index (χ1v) is 6.85. The molecule has 0 aliphatic heterocycles. The highest BCUT2D eigenvalue weighted by atomic mass is 79.9. The number of hydrogen-bond donors (Lipinski definition) is 1. The van der Waals surface area contributed by atoms with E-state index >= 15 is 0 Å². The minimum Gasteiger partial charge on any atom is -0.317 e. The number of nitrogens with one attached hydrogen (secondary N) is 1. The Kier molecular flexibility index (Phi) is 4.36. The Morgan fingerprint density at radius 3 is 2.94 bits per heavy atom. The van der Waals surface area contributed by atoms with Gasteiger partial charge in [0.25, 0.3) is 0 Å². The predicted molar refractivity (Wildman–Crippen MR) is 70.4 cm³/mol. The largest absolute Gasteiger partial charge is 0.317 e. The lowest BCUT2D eigenvalue weighted by atomic mass is 9.81. The second kappa shape index (κ2) is 5.78. The Labute approximate surface area is 106 Å². The molecule has 1 aromatic rings. The summed E-state index contributed by atoms with van der Waals surface area (Å²) in [5.41, 5.74) is 1.35. The third-order valence-corrected chi connectivity index (χ3v) is 3.97. The minimum absolute atomic E-state index is 0.688. The Bertz CT molecular complexity index is 340. The van der Waals surface area contributed by atoms with Crippen molar-refractivity contribution in [2.75, 3.05) is 7.05 Å². The van der Waals surface area contributed by atoms with Gasteiger partial charge in [-0.05, 0) is 59.8 Å². The second-order valence-electron chi connectivity index (χ2n) is 4.66. The molecule has 1 saturated carbocycles. The van der Waals surface area contributed by atoms with Crippen LogP contribution in [-0.4, -0.2) is 18.1 Å². The van der Waals surface area contributed by atoms with E-state index in [9.17, 15) is 0 Å². The van der Waals surface area contributed by atoms with E-state index in [4.69, 9.17) is 0 Å². The average molecular weight is 283 g/mol. The summed E-state index contributed by atoms with van der Waals surface area (Å²) >= 11 is 3.48. The molecular weight excluding hydrogens is 264 g/mol. The van der Waals surface area contributed by atoms with Crippen molar-refractivity contribution >= 4 is 15.9 Å². The molecule has 1 N–H and O–H groups in total. The van der Waals surface area contributed by atoms with E-state index in [0.717, 1.165) is 16.8 Å². The third-order valence-electron chi connectivity index (χ3n) is 3.54. The SMILES string of the molecule is CNC1CCCCC1Cc1cncc(Br)c1. The van der Waals surface area contributed by atoms with Gasteiger partial charge in [-0.15, -0.1) is 0 Å². The number of pyridine rings is 1. The lowest BCUT2D eigenvalue weighted by Crippen LogP contribution is -2.37. The maximum Gasteiger partial charge on any atom is 0.0410 e. The third kappa shape index (κ3) is 3.05. The summed E-state index contributed by atoms with van der Waals surface area (Å²) in [5.74, 6) is 0.773. The molecule has 2 atom stereocenters. The van der Waals surface area contributed by atoms with Crippen LogP contribution in [0.25, 0.3) is 0 Å². The zero-order valence-electron chi connectivity index (χ0n) is 9.75. The van der Waals surface area contributed by atoms with Crippen LogP contribution in [0.4, 0.5) is 0 Å². The Morgan fingerprint density at radius 1 is 1.38 bits per heavy atom. The van der Waals surface area contributed by atoms with E-state index in [1.54, 1.807) is 0 Å². The summed E-state index contributed by atoms with van der Waals surface area (Å²) in [6, 6.07) is 2.88. The first-order chi connectivity index (χ1) is 7.79. The fraction of sp³-hybridized carbons (Fsp3) is 0.615. The van der Waals surface area contributed by atoms with Crippen LogP contribution in [0.15, 0.2) is 22.9 Å². The number of rotatable bonds is 3. The molecule has 2 nitrogen and oxygen atoms in total. The molecule has 0 aromatic carbocycles. The highest BCUT2D eigenvalue weighted by Crippen LogP contribution is 2.27. The molecule has 1 aliphatic rings. The van der Waals surface area contributed by atoms with Gasteiger partial charge in [0.15, 0.2) is 0 Å². The lowest BCUT2D eigenvalue weighted by molar-refractivity contribution is 0.272. The molecule has 2 unspecified atom stereocenters. The molecule has 0 spiro atoms. The van der Waals surface area contributed by atoms with Gasteiger partial charge in [-0.2, -0.15) is 0 Å². The van der Waals surface area contributed by atoms with Gasteiger partial charge in [0, 0.05) is 22.9 Å². The normalized spacial score (nSPS) is 25.6. The number of nitrogens with zero attached hydrogens (tertiary/aromatic N) is 1. The molecule has 1 heterocycles. The van der Waals surface area contributed by atoms with Crippen LogP contribution >= 0.6 is 15.9 Å². The summed E-state index contributed by atoms with van der Waals surface area (Å²) in [6.45, 7) is 0. The van der Waals surface area contributed by atoms with Gasteiger partial charge < -0.3 is 5.32 Å². The summed E-state index contributed by atoms with van der Waals surface area (Å²) in [6.07, 6.45) is 10.4. The standard InChI is InChI=1S/C13H19BrN2/c1-15-13-5-3-2-4-11(13)6-10-7-12(14)9-16-8-10/h7-9,11,13,15H,2-6H2,1H3. The van der Waals surface area contributed by atoms with Crippen molar-refractivity contribution in [2.45, 2.75) is 38.1 Å². The summed E-state index contributed by atoms with van der Waals surface area (Å²) in [4.78, 5) is 4.23. The molecule has 0 radical (unpaired) electrons. The Hall–Kier alpha value is -0.410. The van der Waals surface area contributed by atoms with Gasteiger partial charge in [-0.1, -0.05) is 12.8 Å². The van der Waals surface area contributed by atoms with E-state index in [1.807, 2.05) is 12.4 Å². The first kappa shape index (κ1) is 12.1. The van der Waals surface area contributed by atoms with Gasteiger partial charge >= 0.3 is 0 Å². The maximum atomic E-state index is 4.23. The van der Waals surface area contributed by atoms with Crippen LogP contribution in [0, 0.1) is 5.92 Å². The van der Waals surface area contributed by atoms with E-state index in [1.165, 1.54) is 31.2 Å². The van der Waals surface area contributed by atoms with Crippen molar-refractivity contribution in [2.24, 2.45) is 5.92 Å². The molecule has 3 heteroatoms. The molecule has 1 aromatic heterocycles. The number of aromatic nitrogens is 1. The zero-order chi connectivity index (χ0) is 11.4. The monoisotopic (exact) mass is 282 g/mol. The maximum absolute atomic E-state index is 4.23. The van der Waals surface area contributed by atoms with Crippen molar-refractivity contribution in [3.8, 4) is 0 Å². The fourth-order valence-corrected chi connectivity index (χ4v) is 3.11. The quantitative estimate of drug-likeness (QED) is 0.921. The summed E-state index contributed by atoms with van der Waals surface area (Å²) in [5, 5.41) is 3.46. The minimum atomic E-state index is 0.688.